The van der Waals surface area contributed by atoms with Gasteiger partial charge in [-0.3, -0.25) is 0 Å². The molecule has 1 atom stereocenters. The first kappa shape index (κ1) is 18.5. The van der Waals surface area contributed by atoms with Gasteiger partial charge in [0.25, 0.3) is 0 Å². The summed E-state index contributed by atoms with van der Waals surface area (Å²) < 4.78 is 0. The number of H-pyrrole nitrogens is 1. The smallest absolute Gasteiger partial charge is 0.205 e. The quantitative estimate of drug-likeness (QED) is 0.516. The molecule has 0 radical (unpaired) electrons. The van der Waals surface area contributed by atoms with Gasteiger partial charge in [-0.15, -0.1) is 0 Å². The van der Waals surface area contributed by atoms with Gasteiger partial charge in [0.15, 0.2) is 0 Å². The minimum atomic E-state index is 0.434. The summed E-state index contributed by atoms with van der Waals surface area (Å²) in [4.78, 5) is 18.4. The molecule has 0 bridgehead atoms. The number of aromatic amines is 1. The van der Waals surface area contributed by atoms with Gasteiger partial charge in [0.1, 0.15) is 17.8 Å². The summed E-state index contributed by atoms with van der Waals surface area (Å²) in [5, 5.41) is 10.9. The number of nitriles is 1. The van der Waals surface area contributed by atoms with Gasteiger partial charge in [-0.2, -0.15) is 10.3 Å². The third-order valence-electron chi connectivity index (χ3n) is 5.18. The predicted molar refractivity (Wildman–Crippen MR) is 112 cm³/mol. The lowest BCUT2D eigenvalue weighted by molar-refractivity contribution is 0.424. The van der Waals surface area contributed by atoms with Crippen molar-refractivity contribution in [2.75, 3.05) is 18.0 Å². The molecule has 3 aromatic rings. The molecule has 3 heterocycles. The molecule has 0 aliphatic carbocycles. The van der Waals surface area contributed by atoms with Crippen molar-refractivity contribution < 1.29 is 0 Å². The topological polar surface area (TPSA) is 81.0 Å². The molecule has 0 saturated carbocycles. The zero-order chi connectivity index (χ0) is 19.3. The Kier molecular flexibility index (Phi) is 5.54. The first-order chi connectivity index (χ1) is 13.7. The number of nitrogens with zero attached hydrogens (tertiary/aromatic N) is 5. The standard InChI is InChI=1S/C21H21ClN6/c22-17-5-1-3-15(9-17)10-18(25-13-23)11-16-4-2-8-28(12-16)21-19-6-7-24-20(19)26-14-27-21/h1,3,5-7,9,14,16H,2,4,8,10-12H2,(H,24,26,27). The molecule has 4 rings (SSSR count). The lowest BCUT2D eigenvalue weighted by Crippen LogP contribution is -2.37. The monoisotopic (exact) mass is 392 g/mol. The summed E-state index contributed by atoms with van der Waals surface area (Å²) >= 11 is 6.10. The van der Waals surface area contributed by atoms with E-state index in [1.807, 2.05) is 42.7 Å². The van der Waals surface area contributed by atoms with Gasteiger partial charge < -0.3 is 9.88 Å². The van der Waals surface area contributed by atoms with Crippen molar-refractivity contribution in [2.24, 2.45) is 10.9 Å². The molecule has 1 unspecified atom stereocenters. The average molecular weight is 393 g/mol. The first-order valence-electron chi connectivity index (χ1n) is 9.45. The van der Waals surface area contributed by atoms with Crippen molar-refractivity contribution in [3.63, 3.8) is 0 Å². The zero-order valence-electron chi connectivity index (χ0n) is 15.5. The van der Waals surface area contributed by atoms with Gasteiger partial charge in [-0.25, -0.2) is 9.97 Å². The molecule has 1 aromatic carbocycles. The number of benzene rings is 1. The molecule has 142 valence electrons. The molecule has 1 aliphatic heterocycles. The van der Waals surface area contributed by atoms with E-state index in [9.17, 15) is 0 Å². The van der Waals surface area contributed by atoms with Crippen LogP contribution < -0.4 is 4.90 Å². The molecule has 1 N–H and O–H groups in total. The minimum absolute atomic E-state index is 0.434. The number of hydrogen-bond donors (Lipinski definition) is 1. The van der Waals surface area contributed by atoms with Crippen molar-refractivity contribution in [2.45, 2.75) is 25.7 Å². The third-order valence-corrected chi connectivity index (χ3v) is 5.42. The van der Waals surface area contributed by atoms with Crippen LogP contribution in [0.3, 0.4) is 0 Å². The van der Waals surface area contributed by atoms with Crippen LogP contribution in [0.4, 0.5) is 5.82 Å². The lowest BCUT2D eigenvalue weighted by Gasteiger charge is -2.34. The lowest BCUT2D eigenvalue weighted by atomic mass is 9.90. The highest BCUT2D eigenvalue weighted by atomic mass is 35.5. The Balaban J connectivity index is 1.48. The largest absolute Gasteiger partial charge is 0.356 e. The molecule has 6 nitrogen and oxygen atoms in total. The van der Waals surface area contributed by atoms with Gasteiger partial charge in [-0.1, -0.05) is 23.7 Å². The van der Waals surface area contributed by atoms with Gasteiger partial charge in [-0.05, 0) is 48.9 Å². The van der Waals surface area contributed by atoms with Gasteiger partial charge in [0.05, 0.1) is 5.39 Å². The fourth-order valence-corrected chi connectivity index (χ4v) is 4.19. The molecule has 0 spiro atoms. The number of rotatable bonds is 5. The van der Waals surface area contributed by atoms with E-state index in [2.05, 4.69) is 24.8 Å². The maximum Gasteiger partial charge on any atom is 0.205 e. The van der Waals surface area contributed by atoms with E-state index in [0.717, 1.165) is 60.5 Å². The van der Waals surface area contributed by atoms with Crippen molar-refractivity contribution in [3.8, 4) is 6.19 Å². The maximum absolute atomic E-state index is 9.13. The second kappa shape index (κ2) is 8.41. The number of hydrogen-bond acceptors (Lipinski definition) is 5. The third kappa shape index (κ3) is 4.15. The fourth-order valence-electron chi connectivity index (χ4n) is 3.98. The molecule has 1 saturated heterocycles. The highest BCUT2D eigenvalue weighted by Gasteiger charge is 2.24. The van der Waals surface area contributed by atoms with E-state index in [1.165, 1.54) is 0 Å². The Morgan fingerprint density at radius 1 is 1.36 bits per heavy atom. The molecule has 1 fully saturated rings. The van der Waals surface area contributed by atoms with Crippen LogP contribution in [0.25, 0.3) is 11.0 Å². The van der Waals surface area contributed by atoms with Crippen LogP contribution in [0.15, 0.2) is 47.8 Å². The zero-order valence-corrected chi connectivity index (χ0v) is 16.2. The SMILES string of the molecule is N#CN=C(Cc1cccc(Cl)c1)CC1CCCN(c2ncnc3[nH]ccc23)C1. The summed E-state index contributed by atoms with van der Waals surface area (Å²) in [7, 11) is 0. The Morgan fingerprint density at radius 2 is 2.29 bits per heavy atom. The number of aromatic nitrogens is 3. The van der Waals surface area contributed by atoms with E-state index >= 15 is 0 Å². The fraction of sp³-hybridized carbons (Fsp3) is 0.333. The van der Waals surface area contributed by atoms with E-state index in [1.54, 1.807) is 6.33 Å². The Labute approximate surface area is 168 Å². The molecule has 0 amide bonds. The molecule has 28 heavy (non-hydrogen) atoms. The summed E-state index contributed by atoms with van der Waals surface area (Å²) in [5.41, 5.74) is 2.85. The minimum Gasteiger partial charge on any atom is -0.356 e. The molecular weight excluding hydrogens is 372 g/mol. The molecular formula is C21H21ClN6. The second-order valence-electron chi connectivity index (χ2n) is 7.18. The molecule has 7 heteroatoms. The number of piperidine rings is 1. The average Bonchev–Trinajstić information content (AvgIpc) is 3.17. The van der Waals surface area contributed by atoms with Crippen LogP contribution in [-0.4, -0.2) is 33.8 Å². The predicted octanol–water partition coefficient (Wildman–Crippen LogP) is 4.38. The normalized spacial score (nSPS) is 17.6. The van der Waals surface area contributed by atoms with Crippen LogP contribution in [-0.2, 0) is 6.42 Å². The summed E-state index contributed by atoms with van der Waals surface area (Å²) in [6.07, 6.45) is 9.15. The van der Waals surface area contributed by atoms with Crippen LogP contribution in [0, 0.1) is 17.4 Å². The van der Waals surface area contributed by atoms with Crippen molar-refractivity contribution in [3.05, 3.63) is 53.4 Å². The van der Waals surface area contributed by atoms with Gasteiger partial charge in [0.2, 0.25) is 6.19 Å². The number of fused-ring (bicyclic) bond motifs is 1. The van der Waals surface area contributed by atoms with E-state index < -0.39 is 0 Å². The van der Waals surface area contributed by atoms with Crippen LogP contribution in [0.1, 0.15) is 24.8 Å². The molecule has 1 aliphatic rings. The van der Waals surface area contributed by atoms with Gasteiger partial charge >= 0.3 is 0 Å². The highest BCUT2D eigenvalue weighted by Crippen LogP contribution is 2.28. The Bertz CT molecular complexity index is 1030. The summed E-state index contributed by atoms with van der Waals surface area (Å²) in [6, 6.07) is 9.77. The van der Waals surface area contributed by atoms with Crippen molar-refractivity contribution in [1.29, 1.82) is 5.26 Å². The first-order valence-corrected chi connectivity index (χ1v) is 9.82. The van der Waals surface area contributed by atoms with E-state index in [4.69, 9.17) is 16.9 Å². The van der Waals surface area contributed by atoms with Crippen LogP contribution in [0.2, 0.25) is 5.02 Å². The molecule has 2 aromatic heterocycles. The van der Waals surface area contributed by atoms with Crippen molar-refractivity contribution in [1.82, 2.24) is 15.0 Å². The maximum atomic E-state index is 9.13. The second-order valence-corrected chi connectivity index (χ2v) is 7.62. The number of anilines is 1. The summed E-state index contributed by atoms with van der Waals surface area (Å²) in [5.74, 6) is 1.41. The Morgan fingerprint density at radius 3 is 3.14 bits per heavy atom. The van der Waals surface area contributed by atoms with Crippen LogP contribution >= 0.6 is 11.6 Å². The van der Waals surface area contributed by atoms with Crippen LogP contribution in [0.5, 0.6) is 0 Å². The summed E-state index contributed by atoms with van der Waals surface area (Å²) in [6.45, 7) is 1.88. The van der Waals surface area contributed by atoms with E-state index in [-0.39, 0.29) is 0 Å². The number of nitrogens with one attached hydrogen (secondary N) is 1. The van der Waals surface area contributed by atoms with Crippen molar-refractivity contribution >= 4 is 34.2 Å². The number of halogens is 1. The number of aliphatic imine (C=N–C) groups is 1. The van der Waals surface area contributed by atoms with Gasteiger partial charge in [0, 0.05) is 36.4 Å². The van der Waals surface area contributed by atoms with E-state index in [0.29, 0.717) is 17.4 Å². The Hall–Kier alpha value is -2.91. The highest BCUT2D eigenvalue weighted by molar-refractivity contribution is 6.30.